The molecule has 2 rings (SSSR count). The highest BCUT2D eigenvalue weighted by atomic mass is 16.7. The Kier molecular flexibility index (Phi) is 6.76. The molecular weight excluding hydrogens is 348 g/mol. The molecule has 1 aliphatic rings. The minimum atomic E-state index is -1.62. The van der Waals surface area contributed by atoms with Gasteiger partial charge in [-0.2, -0.15) is 0 Å². The first-order valence-corrected chi connectivity index (χ1v) is 8.31. The second kappa shape index (κ2) is 8.63. The Morgan fingerprint density at radius 1 is 1.23 bits per heavy atom. The van der Waals surface area contributed by atoms with Crippen molar-refractivity contribution >= 4 is 5.97 Å². The van der Waals surface area contributed by atoms with Crippen LogP contribution in [0.5, 0.6) is 5.75 Å². The summed E-state index contributed by atoms with van der Waals surface area (Å²) in [6, 6.07) is 1.13. The average molecular weight is 372 g/mol. The van der Waals surface area contributed by atoms with Gasteiger partial charge in [0.2, 0.25) is 17.5 Å². The van der Waals surface area contributed by atoms with Crippen LogP contribution in [-0.2, 0) is 14.3 Å². The number of hydrogen-bond donors (Lipinski definition) is 3. The number of carbonyl (C=O) groups is 1. The van der Waals surface area contributed by atoms with Gasteiger partial charge in [-0.05, 0) is 12.8 Å². The van der Waals surface area contributed by atoms with E-state index in [-0.39, 0.29) is 30.5 Å². The third-order valence-electron chi connectivity index (χ3n) is 3.89. The molecule has 1 aromatic rings. The van der Waals surface area contributed by atoms with Crippen molar-refractivity contribution in [1.29, 1.82) is 0 Å². The maximum absolute atomic E-state index is 11.9. The van der Waals surface area contributed by atoms with Crippen molar-refractivity contribution in [2.45, 2.75) is 57.9 Å². The fourth-order valence-corrected chi connectivity index (χ4v) is 2.48. The molecule has 0 amide bonds. The second-order valence-corrected chi connectivity index (χ2v) is 6.58. The predicted molar refractivity (Wildman–Crippen MR) is 87.4 cm³/mol. The zero-order valence-corrected chi connectivity index (χ0v) is 14.8. The summed E-state index contributed by atoms with van der Waals surface area (Å²) < 4.78 is 20.9. The molecule has 2 heterocycles. The molecule has 1 saturated heterocycles. The summed E-state index contributed by atoms with van der Waals surface area (Å²) >= 11 is 0. The van der Waals surface area contributed by atoms with E-state index in [1.165, 1.54) is 13.2 Å². The van der Waals surface area contributed by atoms with E-state index in [0.717, 1.165) is 6.07 Å². The third-order valence-corrected chi connectivity index (χ3v) is 3.89. The zero-order chi connectivity index (χ0) is 19.4. The molecule has 3 N–H and O–H groups in total. The number of aliphatic hydroxyl groups excluding tert-OH is 3. The fourth-order valence-electron chi connectivity index (χ4n) is 2.48. The monoisotopic (exact) mass is 372 g/mol. The van der Waals surface area contributed by atoms with Crippen LogP contribution in [0.2, 0.25) is 0 Å². The Morgan fingerprint density at radius 3 is 2.54 bits per heavy atom. The molecule has 5 atom stereocenters. The molecule has 0 radical (unpaired) electrons. The fraction of sp³-hybridized carbons (Fsp3) is 0.647. The molecule has 5 unspecified atom stereocenters. The molecule has 1 aliphatic heterocycles. The van der Waals surface area contributed by atoms with Gasteiger partial charge < -0.3 is 33.9 Å². The zero-order valence-electron chi connectivity index (χ0n) is 14.8. The first-order valence-electron chi connectivity index (χ1n) is 8.31. The van der Waals surface area contributed by atoms with Crippen molar-refractivity contribution in [3.63, 3.8) is 0 Å². The van der Waals surface area contributed by atoms with Gasteiger partial charge in [0.05, 0.1) is 6.26 Å². The number of hydrogen-bond acceptors (Lipinski definition) is 9. The molecule has 0 saturated carbocycles. The smallest absolute Gasteiger partial charge is 0.306 e. The predicted octanol–water partition coefficient (Wildman–Crippen LogP) is -0.276. The lowest BCUT2D eigenvalue weighted by Crippen LogP contribution is -2.60. The molecule has 9 nitrogen and oxygen atoms in total. The van der Waals surface area contributed by atoms with E-state index in [9.17, 15) is 24.9 Å². The minimum Gasteiger partial charge on any atom is -0.465 e. The van der Waals surface area contributed by atoms with Gasteiger partial charge in [0.25, 0.3) is 0 Å². The number of carbonyl (C=O) groups excluding carboxylic acids is 1. The van der Waals surface area contributed by atoms with E-state index in [4.69, 9.17) is 18.6 Å². The van der Waals surface area contributed by atoms with Crippen molar-refractivity contribution in [1.82, 2.24) is 0 Å². The van der Waals surface area contributed by atoms with Crippen LogP contribution in [0.4, 0.5) is 0 Å². The van der Waals surface area contributed by atoms with Gasteiger partial charge in [-0.3, -0.25) is 9.59 Å². The van der Waals surface area contributed by atoms with E-state index in [0.29, 0.717) is 0 Å². The van der Waals surface area contributed by atoms with Crippen LogP contribution >= 0.6 is 0 Å². The molecule has 0 spiro atoms. The molecule has 146 valence electrons. The first kappa shape index (κ1) is 20.4. The summed E-state index contributed by atoms with van der Waals surface area (Å²) in [5.41, 5.74) is -0.495. The van der Waals surface area contributed by atoms with Crippen LogP contribution in [0, 0.1) is 12.8 Å². The largest absolute Gasteiger partial charge is 0.465 e. The molecule has 0 aliphatic carbocycles. The lowest BCUT2D eigenvalue weighted by Gasteiger charge is -2.39. The molecule has 0 bridgehead atoms. The molecule has 26 heavy (non-hydrogen) atoms. The van der Waals surface area contributed by atoms with E-state index < -0.39 is 42.1 Å². The van der Waals surface area contributed by atoms with E-state index in [2.05, 4.69) is 0 Å². The van der Waals surface area contributed by atoms with Crippen molar-refractivity contribution in [3.8, 4) is 5.75 Å². The van der Waals surface area contributed by atoms with Gasteiger partial charge in [0, 0.05) is 12.5 Å². The summed E-state index contributed by atoms with van der Waals surface area (Å²) in [7, 11) is 0. The molecular formula is C17H24O9. The highest BCUT2D eigenvalue weighted by Gasteiger charge is 2.45. The number of aliphatic hydroxyl groups is 3. The summed E-state index contributed by atoms with van der Waals surface area (Å²) in [6.45, 7) is 4.86. The quantitative estimate of drug-likeness (QED) is 0.576. The van der Waals surface area contributed by atoms with Crippen LogP contribution in [-0.4, -0.2) is 58.6 Å². The summed E-state index contributed by atoms with van der Waals surface area (Å²) in [6.07, 6.45) is -5.93. The Labute approximate surface area is 150 Å². The molecule has 0 aromatic carbocycles. The first-order chi connectivity index (χ1) is 12.2. The Bertz CT molecular complexity index is 668. The van der Waals surface area contributed by atoms with Crippen molar-refractivity contribution < 1.29 is 38.7 Å². The van der Waals surface area contributed by atoms with Gasteiger partial charge in [-0.25, -0.2) is 0 Å². The maximum Gasteiger partial charge on any atom is 0.306 e. The van der Waals surface area contributed by atoms with E-state index in [1.807, 2.05) is 13.8 Å². The maximum atomic E-state index is 11.9. The topological polar surface area (TPSA) is 136 Å². The van der Waals surface area contributed by atoms with Crippen LogP contribution < -0.4 is 10.2 Å². The summed E-state index contributed by atoms with van der Waals surface area (Å²) in [5, 5.41) is 30.1. The number of esters is 1. The Hall–Kier alpha value is -1.94. The van der Waals surface area contributed by atoms with Gasteiger partial charge >= 0.3 is 5.97 Å². The van der Waals surface area contributed by atoms with Crippen LogP contribution in [0.15, 0.2) is 21.5 Å². The van der Waals surface area contributed by atoms with Crippen molar-refractivity contribution in [2.24, 2.45) is 5.92 Å². The number of ether oxygens (including phenoxy) is 3. The molecule has 1 aromatic heterocycles. The lowest BCUT2D eigenvalue weighted by atomic mass is 9.99. The third kappa shape index (κ3) is 4.82. The van der Waals surface area contributed by atoms with E-state index >= 15 is 0 Å². The van der Waals surface area contributed by atoms with Crippen molar-refractivity contribution in [3.05, 3.63) is 28.3 Å². The average Bonchev–Trinajstić information content (AvgIpc) is 2.56. The minimum absolute atomic E-state index is 0.100. The Morgan fingerprint density at radius 2 is 1.92 bits per heavy atom. The number of rotatable bonds is 6. The van der Waals surface area contributed by atoms with Crippen LogP contribution in [0.1, 0.15) is 26.0 Å². The van der Waals surface area contributed by atoms with E-state index in [1.54, 1.807) is 0 Å². The van der Waals surface area contributed by atoms with Gasteiger partial charge in [0.1, 0.15) is 36.8 Å². The highest BCUT2D eigenvalue weighted by molar-refractivity contribution is 5.69. The SMILES string of the molecule is Cc1occc(=O)c1OC1OC(COC(=O)CC(C)C)C(O)C(O)C1O. The van der Waals surface area contributed by atoms with Crippen LogP contribution in [0.25, 0.3) is 0 Å². The lowest BCUT2D eigenvalue weighted by molar-refractivity contribution is -0.279. The second-order valence-electron chi connectivity index (χ2n) is 6.58. The Balaban J connectivity index is 2.08. The van der Waals surface area contributed by atoms with Gasteiger partial charge in [-0.1, -0.05) is 13.8 Å². The number of aryl methyl sites for hydroxylation is 1. The normalized spacial score (nSPS) is 28.8. The molecule has 9 heteroatoms. The van der Waals surface area contributed by atoms with Crippen LogP contribution in [0.3, 0.4) is 0 Å². The van der Waals surface area contributed by atoms with Gasteiger partial charge in [-0.15, -0.1) is 0 Å². The van der Waals surface area contributed by atoms with Gasteiger partial charge in [0.15, 0.2) is 0 Å². The summed E-state index contributed by atoms with van der Waals surface area (Å²) in [4.78, 5) is 23.5. The molecule has 1 fully saturated rings. The highest BCUT2D eigenvalue weighted by Crippen LogP contribution is 2.24. The van der Waals surface area contributed by atoms with Crippen molar-refractivity contribution in [2.75, 3.05) is 6.61 Å². The summed E-state index contributed by atoms with van der Waals surface area (Å²) in [5.74, 6) is -0.401. The standard InChI is InChI=1S/C17H24O9/c1-8(2)6-12(19)24-7-11-13(20)14(21)15(22)17(25-11)26-16-9(3)23-5-4-10(16)18/h4-5,8,11,13-15,17,20-22H,6-7H2,1-3H3.